The monoisotopic (exact) mass is 373 g/mol. The summed E-state index contributed by atoms with van der Waals surface area (Å²) in [5.74, 6) is 0.0110. The minimum atomic E-state index is -1.14. The average Bonchev–Trinajstić information content (AvgIpc) is 2.65. The van der Waals surface area contributed by atoms with Crippen molar-refractivity contribution in [2.45, 2.75) is 6.10 Å². The van der Waals surface area contributed by atoms with Gasteiger partial charge in [-0.15, -0.1) is 0 Å². The van der Waals surface area contributed by atoms with Crippen LogP contribution in [0.4, 0.5) is 16.2 Å². The van der Waals surface area contributed by atoms with Crippen LogP contribution in [0, 0.1) is 20.2 Å². The molecule has 0 amide bonds. The predicted octanol–water partition coefficient (Wildman–Crippen LogP) is 4.07. The van der Waals surface area contributed by atoms with Gasteiger partial charge in [0, 0.05) is 29.2 Å². The molecule has 0 N–H and O–H groups in total. The Labute approximate surface area is 150 Å². The molecule has 27 heavy (non-hydrogen) atoms. The van der Waals surface area contributed by atoms with Gasteiger partial charge in [-0.1, -0.05) is 5.11 Å². The van der Waals surface area contributed by atoms with Gasteiger partial charge in [-0.25, -0.2) is 4.79 Å². The van der Waals surface area contributed by atoms with Crippen LogP contribution in [0.1, 0.15) is 11.7 Å². The van der Waals surface area contributed by atoms with Gasteiger partial charge < -0.3 is 9.47 Å². The van der Waals surface area contributed by atoms with Crippen molar-refractivity contribution in [1.29, 1.82) is 0 Å². The molecule has 0 aliphatic carbocycles. The van der Waals surface area contributed by atoms with E-state index in [0.29, 0.717) is 5.56 Å². The molecule has 2 aromatic rings. The molecule has 12 nitrogen and oxygen atoms in total. The lowest BCUT2D eigenvalue weighted by Gasteiger charge is -2.15. The Morgan fingerprint density at radius 1 is 1.04 bits per heavy atom. The van der Waals surface area contributed by atoms with Crippen LogP contribution in [0.5, 0.6) is 5.75 Å². The van der Waals surface area contributed by atoms with E-state index in [0.717, 1.165) is 12.1 Å². The first-order chi connectivity index (χ1) is 12.9. The third-order valence-corrected chi connectivity index (χ3v) is 3.27. The molecule has 12 heteroatoms. The molecule has 0 saturated heterocycles. The van der Waals surface area contributed by atoms with Crippen LogP contribution < -0.4 is 4.74 Å². The molecule has 0 spiro atoms. The fourth-order valence-corrected chi connectivity index (χ4v) is 2.00. The van der Waals surface area contributed by atoms with Gasteiger partial charge in [0.1, 0.15) is 11.9 Å². The number of hydrogen-bond acceptors (Lipinski definition) is 8. The van der Waals surface area contributed by atoms with E-state index in [1.165, 1.54) is 36.4 Å². The molecule has 138 valence electrons. The minimum absolute atomic E-state index is 0.0110. The van der Waals surface area contributed by atoms with E-state index >= 15 is 0 Å². The van der Waals surface area contributed by atoms with Crippen molar-refractivity contribution in [2.75, 3.05) is 6.54 Å². The highest BCUT2D eigenvalue weighted by Gasteiger charge is 2.19. The Kier molecular flexibility index (Phi) is 6.23. The number of carbonyl (C=O) groups excluding carboxylic acids is 1. The average molecular weight is 373 g/mol. The number of carbonyl (C=O) groups is 1. The number of azide groups is 1. The summed E-state index contributed by atoms with van der Waals surface area (Å²) in [6, 6.07) is 9.87. The lowest BCUT2D eigenvalue weighted by Crippen LogP contribution is -2.17. The highest BCUT2D eigenvalue weighted by Crippen LogP contribution is 2.23. The van der Waals surface area contributed by atoms with Crippen molar-refractivity contribution < 1.29 is 24.1 Å². The standard InChI is InChI=1S/C15H11N5O7/c16-18-17-9-14(10-1-3-11(4-2-10)19(22)23)27-15(21)26-13-7-5-12(6-8-13)20(24)25/h1-8,14H,9H2. The van der Waals surface area contributed by atoms with E-state index in [4.69, 9.17) is 15.0 Å². The third kappa shape index (κ3) is 5.41. The number of benzene rings is 2. The summed E-state index contributed by atoms with van der Waals surface area (Å²) in [7, 11) is 0. The molecule has 0 bridgehead atoms. The van der Waals surface area contributed by atoms with Gasteiger partial charge in [-0.05, 0) is 35.4 Å². The molecule has 0 radical (unpaired) electrons. The Morgan fingerprint density at radius 2 is 1.56 bits per heavy atom. The third-order valence-electron chi connectivity index (χ3n) is 3.27. The van der Waals surface area contributed by atoms with E-state index in [1.807, 2.05) is 0 Å². The summed E-state index contributed by atoms with van der Waals surface area (Å²) >= 11 is 0. The Bertz CT molecular complexity index is 892. The number of non-ortho nitro benzene ring substituents is 2. The van der Waals surface area contributed by atoms with Crippen molar-refractivity contribution in [3.8, 4) is 5.75 Å². The second-order valence-corrected chi connectivity index (χ2v) is 4.97. The van der Waals surface area contributed by atoms with E-state index < -0.39 is 22.1 Å². The quantitative estimate of drug-likeness (QED) is 0.134. The molecular weight excluding hydrogens is 362 g/mol. The summed E-state index contributed by atoms with van der Waals surface area (Å²) < 4.78 is 10.0. The molecule has 0 aliphatic rings. The summed E-state index contributed by atoms with van der Waals surface area (Å²) in [6.45, 7) is -0.260. The highest BCUT2D eigenvalue weighted by molar-refractivity contribution is 5.64. The van der Waals surface area contributed by atoms with E-state index in [9.17, 15) is 25.0 Å². The SMILES string of the molecule is [N-]=[N+]=NCC(OC(=O)Oc1ccc([N+](=O)[O-])cc1)c1ccc([N+](=O)[O-])cc1. The maximum absolute atomic E-state index is 11.9. The van der Waals surface area contributed by atoms with Crippen molar-refractivity contribution in [1.82, 2.24) is 0 Å². The molecule has 0 aromatic heterocycles. The predicted molar refractivity (Wildman–Crippen MR) is 90.1 cm³/mol. The summed E-state index contributed by atoms with van der Waals surface area (Å²) in [4.78, 5) is 34.6. The number of rotatable bonds is 7. The first kappa shape index (κ1) is 19.1. The van der Waals surface area contributed by atoms with Gasteiger partial charge in [0.05, 0.1) is 16.4 Å². The van der Waals surface area contributed by atoms with E-state index in [-0.39, 0.29) is 23.7 Å². The van der Waals surface area contributed by atoms with Gasteiger partial charge in [-0.2, -0.15) is 0 Å². The van der Waals surface area contributed by atoms with Crippen molar-refractivity contribution in [2.24, 2.45) is 5.11 Å². The number of ether oxygens (including phenoxy) is 2. The van der Waals surface area contributed by atoms with Gasteiger partial charge in [0.25, 0.3) is 11.4 Å². The largest absolute Gasteiger partial charge is 0.514 e. The molecule has 0 heterocycles. The Hall–Kier alpha value is -4.18. The lowest BCUT2D eigenvalue weighted by atomic mass is 10.1. The summed E-state index contributed by atoms with van der Waals surface area (Å²) in [6.07, 6.45) is -2.17. The van der Waals surface area contributed by atoms with Crippen LogP contribution in [-0.4, -0.2) is 22.5 Å². The minimum Gasteiger partial charge on any atom is -0.426 e. The Balaban J connectivity index is 2.10. The molecular formula is C15H11N5O7. The van der Waals surface area contributed by atoms with Gasteiger partial charge >= 0.3 is 6.16 Å². The Morgan fingerprint density at radius 3 is 2.04 bits per heavy atom. The van der Waals surface area contributed by atoms with Gasteiger partial charge in [-0.3, -0.25) is 20.2 Å². The summed E-state index contributed by atoms with van der Waals surface area (Å²) in [5, 5.41) is 24.6. The molecule has 1 unspecified atom stereocenters. The molecule has 1 atom stereocenters. The first-order valence-corrected chi connectivity index (χ1v) is 7.29. The van der Waals surface area contributed by atoms with E-state index in [2.05, 4.69) is 10.0 Å². The zero-order chi connectivity index (χ0) is 19.8. The zero-order valence-electron chi connectivity index (χ0n) is 13.5. The number of hydrogen-bond donors (Lipinski definition) is 0. The second kappa shape index (κ2) is 8.78. The number of nitro groups is 2. The van der Waals surface area contributed by atoms with Gasteiger partial charge in [0.15, 0.2) is 0 Å². The van der Waals surface area contributed by atoms with Crippen molar-refractivity contribution in [3.05, 3.63) is 84.8 Å². The van der Waals surface area contributed by atoms with Crippen molar-refractivity contribution >= 4 is 17.5 Å². The fourth-order valence-electron chi connectivity index (χ4n) is 2.00. The lowest BCUT2D eigenvalue weighted by molar-refractivity contribution is -0.385. The molecule has 2 aromatic carbocycles. The highest BCUT2D eigenvalue weighted by atomic mass is 16.7. The molecule has 2 rings (SSSR count). The normalized spacial score (nSPS) is 11.0. The second-order valence-electron chi connectivity index (χ2n) is 4.97. The van der Waals surface area contributed by atoms with Crippen LogP contribution >= 0.6 is 0 Å². The summed E-state index contributed by atoms with van der Waals surface area (Å²) in [5.41, 5.74) is 8.48. The number of nitrogens with zero attached hydrogens (tertiary/aromatic N) is 5. The zero-order valence-corrected chi connectivity index (χ0v) is 13.5. The maximum Gasteiger partial charge on any atom is 0.514 e. The van der Waals surface area contributed by atoms with Gasteiger partial charge in [0.2, 0.25) is 0 Å². The smallest absolute Gasteiger partial charge is 0.426 e. The topological polar surface area (TPSA) is 171 Å². The van der Waals surface area contributed by atoms with Crippen LogP contribution in [0.15, 0.2) is 53.6 Å². The van der Waals surface area contributed by atoms with Crippen molar-refractivity contribution in [3.63, 3.8) is 0 Å². The molecule has 0 fully saturated rings. The first-order valence-electron chi connectivity index (χ1n) is 7.29. The molecule has 0 aliphatic heterocycles. The van der Waals surface area contributed by atoms with Crippen LogP contribution in [0.2, 0.25) is 0 Å². The maximum atomic E-state index is 11.9. The van der Waals surface area contributed by atoms with E-state index in [1.54, 1.807) is 0 Å². The fraction of sp³-hybridized carbons (Fsp3) is 0.133. The van der Waals surface area contributed by atoms with Crippen LogP contribution in [0.3, 0.4) is 0 Å². The number of nitro benzene ring substituents is 2. The van der Waals surface area contributed by atoms with Crippen LogP contribution in [-0.2, 0) is 4.74 Å². The molecule has 0 saturated carbocycles. The van der Waals surface area contributed by atoms with Crippen LogP contribution in [0.25, 0.3) is 10.4 Å².